The second-order valence-electron chi connectivity index (χ2n) is 6.88. The third kappa shape index (κ3) is 4.54. The predicted molar refractivity (Wildman–Crippen MR) is 103 cm³/mol. The Morgan fingerprint density at radius 2 is 1.70 bits per heavy atom. The highest BCUT2D eigenvalue weighted by atomic mass is 32.2. The molecule has 1 saturated carbocycles. The van der Waals surface area contributed by atoms with Gasteiger partial charge in [-0.3, -0.25) is 10.2 Å². The van der Waals surface area contributed by atoms with Crippen molar-refractivity contribution in [2.24, 2.45) is 0 Å². The maximum absolute atomic E-state index is 14.5. The third-order valence-corrected chi connectivity index (χ3v) is 6.64. The fourth-order valence-corrected chi connectivity index (χ4v) is 4.73. The SMILES string of the molecule is Cc1cc(-c2ccccc2)cc(C(=O)NNS(=O)(=O)C2CCCCC2)c1F. The molecule has 1 aliphatic carbocycles. The highest BCUT2D eigenvalue weighted by Gasteiger charge is 2.28. The molecule has 0 saturated heterocycles. The predicted octanol–water partition coefficient (Wildman–Crippen LogP) is 3.70. The lowest BCUT2D eigenvalue weighted by atomic mass is 9.99. The van der Waals surface area contributed by atoms with Crippen molar-refractivity contribution in [3.63, 3.8) is 0 Å². The van der Waals surface area contributed by atoms with Gasteiger partial charge in [0, 0.05) is 0 Å². The monoisotopic (exact) mass is 390 g/mol. The molecule has 0 atom stereocenters. The Morgan fingerprint density at radius 1 is 1.04 bits per heavy atom. The van der Waals surface area contributed by atoms with Crippen LogP contribution in [0.3, 0.4) is 0 Å². The molecule has 2 aromatic carbocycles. The molecule has 0 aliphatic heterocycles. The van der Waals surface area contributed by atoms with Crippen LogP contribution < -0.4 is 10.3 Å². The first kappa shape index (κ1) is 19.5. The Hall–Kier alpha value is -2.25. The molecule has 5 nitrogen and oxygen atoms in total. The van der Waals surface area contributed by atoms with Crippen molar-refractivity contribution in [3.8, 4) is 11.1 Å². The lowest BCUT2D eigenvalue weighted by Gasteiger charge is -2.22. The molecule has 2 N–H and O–H groups in total. The number of hydrazine groups is 1. The van der Waals surface area contributed by atoms with E-state index in [-0.39, 0.29) is 5.56 Å². The summed E-state index contributed by atoms with van der Waals surface area (Å²) < 4.78 is 39.2. The van der Waals surface area contributed by atoms with Gasteiger partial charge in [-0.1, -0.05) is 49.6 Å². The summed E-state index contributed by atoms with van der Waals surface area (Å²) in [5.41, 5.74) is 3.82. The van der Waals surface area contributed by atoms with Gasteiger partial charge in [-0.15, -0.1) is 4.83 Å². The average molecular weight is 390 g/mol. The minimum absolute atomic E-state index is 0.194. The molecule has 0 bridgehead atoms. The number of carbonyl (C=O) groups excluding carboxylic acids is 1. The minimum atomic E-state index is -3.68. The number of amides is 1. The van der Waals surface area contributed by atoms with Crippen LogP contribution in [0.15, 0.2) is 42.5 Å². The summed E-state index contributed by atoms with van der Waals surface area (Å²) in [4.78, 5) is 14.6. The molecule has 1 amide bonds. The third-order valence-electron chi connectivity index (χ3n) is 4.90. The standard InChI is InChI=1S/C20H23FN2O3S/c1-14-12-16(15-8-4-2-5-9-15)13-18(19(14)21)20(24)22-23-27(25,26)17-10-6-3-7-11-17/h2,4-5,8-9,12-13,17,23H,3,6-7,10-11H2,1H3,(H,22,24). The first-order chi connectivity index (χ1) is 12.9. The van der Waals surface area contributed by atoms with Gasteiger partial charge in [0.05, 0.1) is 10.8 Å². The summed E-state index contributed by atoms with van der Waals surface area (Å²) >= 11 is 0. The molecule has 7 heteroatoms. The molecule has 3 rings (SSSR count). The summed E-state index contributed by atoms with van der Waals surface area (Å²) in [7, 11) is -3.68. The van der Waals surface area contributed by atoms with Crippen LogP contribution in [0.2, 0.25) is 0 Å². The van der Waals surface area contributed by atoms with Crippen molar-refractivity contribution >= 4 is 15.9 Å². The summed E-state index contributed by atoms with van der Waals surface area (Å²) in [6.07, 6.45) is 3.87. The van der Waals surface area contributed by atoms with Crippen LogP contribution in [-0.2, 0) is 10.0 Å². The highest BCUT2D eigenvalue weighted by molar-refractivity contribution is 7.90. The maximum atomic E-state index is 14.5. The van der Waals surface area contributed by atoms with Crippen LogP contribution >= 0.6 is 0 Å². The minimum Gasteiger partial charge on any atom is -0.274 e. The summed E-state index contributed by atoms with van der Waals surface area (Å²) in [5, 5.41) is -0.520. The van der Waals surface area contributed by atoms with E-state index in [1.807, 2.05) is 30.3 Å². The lowest BCUT2D eigenvalue weighted by molar-refractivity contribution is 0.0940. The van der Waals surface area contributed by atoms with Gasteiger partial charge in [-0.2, -0.15) is 0 Å². The summed E-state index contributed by atoms with van der Waals surface area (Å²) in [5.74, 6) is -1.48. The van der Waals surface area contributed by atoms with Crippen molar-refractivity contribution in [1.29, 1.82) is 0 Å². The van der Waals surface area contributed by atoms with Gasteiger partial charge in [0.1, 0.15) is 5.82 Å². The smallest absolute Gasteiger partial charge is 0.269 e. The number of aryl methyl sites for hydroxylation is 1. The Kier molecular flexibility index (Phi) is 5.92. The maximum Gasteiger partial charge on any atom is 0.269 e. The van der Waals surface area contributed by atoms with Crippen LogP contribution in [-0.4, -0.2) is 19.6 Å². The number of benzene rings is 2. The molecule has 0 heterocycles. The quantitative estimate of drug-likeness (QED) is 0.765. The van der Waals surface area contributed by atoms with Crippen molar-refractivity contribution in [3.05, 3.63) is 59.4 Å². The van der Waals surface area contributed by atoms with Gasteiger partial charge in [0.2, 0.25) is 10.0 Å². The number of rotatable bonds is 5. The van der Waals surface area contributed by atoms with Gasteiger partial charge >= 0.3 is 0 Å². The van der Waals surface area contributed by atoms with E-state index in [2.05, 4.69) is 10.3 Å². The molecule has 144 valence electrons. The highest BCUT2D eigenvalue weighted by Crippen LogP contribution is 2.25. The molecule has 1 fully saturated rings. The zero-order chi connectivity index (χ0) is 19.4. The zero-order valence-electron chi connectivity index (χ0n) is 15.2. The van der Waals surface area contributed by atoms with Crippen molar-refractivity contribution in [1.82, 2.24) is 10.3 Å². The number of hydrogen-bond acceptors (Lipinski definition) is 3. The number of hydrogen-bond donors (Lipinski definition) is 2. The molecular weight excluding hydrogens is 367 g/mol. The van der Waals surface area contributed by atoms with Crippen LogP contribution in [0.25, 0.3) is 11.1 Å². The number of sulfonamides is 1. The largest absolute Gasteiger partial charge is 0.274 e. The van der Waals surface area contributed by atoms with E-state index < -0.39 is 27.0 Å². The van der Waals surface area contributed by atoms with Crippen molar-refractivity contribution in [2.75, 3.05) is 0 Å². The van der Waals surface area contributed by atoms with Crippen LogP contribution in [0.5, 0.6) is 0 Å². The number of carbonyl (C=O) groups is 1. The van der Waals surface area contributed by atoms with E-state index in [1.165, 1.54) is 6.07 Å². The molecule has 1 aliphatic rings. The van der Waals surface area contributed by atoms with Gasteiger partial charge in [-0.25, -0.2) is 12.8 Å². The molecular formula is C20H23FN2O3S. The van der Waals surface area contributed by atoms with E-state index in [1.54, 1.807) is 13.0 Å². The Morgan fingerprint density at radius 3 is 2.37 bits per heavy atom. The van der Waals surface area contributed by atoms with Gasteiger partial charge in [0.15, 0.2) is 0 Å². The van der Waals surface area contributed by atoms with Crippen LogP contribution in [0, 0.1) is 12.7 Å². The molecule has 0 unspecified atom stereocenters. The second kappa shape index (κ2) is 8.19. The normalized spacial score (nSPS) is 15.5. The number of halogens is 1. The lowest BCUT2D eigenvalue weighted by Crippen LogP contribution is -2.46. The van der Waals surface area contributed by atoms with Crippen molar-refractivity contribution in [2.45, 2.75) is 44.3 Å². The van der Waals surface area contributed by atoms with Crippen LogP contribution in [0.4, 0.5) is 4.39 Å². The number of nitrogens with one attached hydrogen (secondary N) is 2. The van der Waals surface area contributed by atoms with Gasteiger partial charge < -0.3 is 0 Å². The average Bonchev–Trinajstić information content (AvgIpc) is 2.69. The van der Waals surface area contributed by atoms with Gasteiger partial charge in [-0.05, 0) is 48.6 Å². The zero-order valence-corrected chi connectivity index (χ0v) is 16.0. The van der Waals surface area contributed by atoms with E-state index in [0.29, 0.717) is 24.0 Å². The van der Waals surface area contributed by atoms with E-state index in [0.717, 1.165) is 24.8 Å². The topological polar surface area (TPSA) is 75.3 Å². The Labute approximate surface area is 159 Å². The first-order valence-electron chi connectivity index (χ1n) is 9.05. The van der Waals surface area contributed by atoms with E-state index in [4.69, 9.17) is 0 Å². The first-order valence-corrected chi connectivity index (χ1v) is 10.6. The van der Waals surface area contributed by atoms with Crippen LogP contribution in [0.1, 0.15) is 48.0 Å². The molecule has 0 spiro atoms. The van der Waals surface area contributed by atoms with E-state index >= 15 is 0 Å². The molecule has 27 heavy (non-hydrogen) atoms. The summed E-state index contributed by atoms with van der Waals surface area (Å²) in [6, 6.07) is 12.4. The summed E-state index contributed by atoms with van der Waals surface area (Å²) in [6.45, 7) is 1.57. The van der Waals surface area contributed by atoms with E-state index in [9.17, 15) is 17.6 Å². The van der Waals surface area contributed by atoms with Crippen molar-refractivity contribution < 1.29 is 17.6 Å². The molecule has 0 aromatic heterocycles. The second-order valence-corrected chi connectivity index (χ2v) is 8.84. The fourth-order valence-electron chi connectivity index (χ4n) is 3.38. The Balaban J connectivity index is 1.79. The Bertz CT molecular complexity index is 924. The molecule has 0 radical (unpaired) electrons. The fraction of sp³-hybridized carbons (Fsp3) is 0.350. The molecule has 2 aromatic rings. The van der Waals surface area contributed by atoms with Gasteiger partial charge in [0.25, 0.3) is 5.91 Å².